The van der Waals surface area contributed by atoms with E-state index in [4.69, 9.17) is 4.74 Å². The Morgan fingerprint density at radius 2 is 2.00 bits per heavy atom. The summed E-state index contributed by atoms with van der Waals surface area (Å²) in [5.74, 6) is -0.103. The zero-order valence-electron chi connectivity index (χ0n) is 10.7. The molecule has 106 valence electrons. The van der Waals surface area contributed by atoms with Crippen molar-refractivity contribution in [3.63, 3.8) is 0 Å². The van der Waals surface area contributed by atoms with Gasteiger partial charge in [0.25, 0.3) is 0 Å². The van der Waals surface area contributed by atoms with Crippen molar-refractivity contribution in [2.24, 2.45) is 0 Å². The lowest BCUT2D eigenvalue weighted by Gasteiger charge is -2.16. The van der Waals surface area contributed by atoms with Crippen LogP contribution in [0, 0.1) is 0 Å². The van der Waals surface area contributed by atoms with Crippen molar-refractivity contribution in [1.29, 1.82) is 0 Å². The minimum atomic E-state index is -3.74. The molecule has 19 heavy (non-hydrogen) atoms. The summed E-state index contributed by atoms with van der Waals surface area (Å²) in [6.45, 7) is -0.345. The van der Waals surface area contributed by atoms with Crippen LogP contribution in [-0.2, 0) is 19.6 Å². The van der Waals surface area contributed by atoms with Gasteiger partial charge in [-0.25, -0.2) is 8.42 Å². The Bertz CT molecular complexity index is 572. The highest BCUT2D eigenvalue weighted by molar-refractivity contribution is 9.10. The van der Waals surface area contributed by atoms with Crippen molar-refractivity contribution in [3.8, 4) is 5.75 Å². The topological polar surface area (TPSA) is 72.9 Å². The average molecular weight is 352 g/mol. The Kier molecular flexibility index (Phi) is 5.33. The van der Waals surface area contributed by atoms with Gasteiger partial charge in [0.05, 0.1) is 23.6 Å². The SMILES string of the molecule is COC(=O)CN(C)S(=O)(=O)c1ccc(OC)c(Br)c1. The highest BCUT2D eigenvalue weighted by Gasteiger charge is 2.24. The lowest BCUT2D eigenvalue weighted by molar-refractivity contribution is -0.140. The van der Waals surface area contributed by atoms with Gasteiger partial charge in [-0.05, 0) is 34.1 Å². The molecule has 0 atom stereocenters. The van der Waals surface area contributed by atoms with Gasteiger partial charge < -0.3 is 9.47 Å². The highest BCUT2D eigenvalue weighted by Crippen LogP contribution is 2.28. The van der Waals surface area contributed by atoms with Crippen LogP contribution in [0.5, 0.6) is 5.75 Å². The second kappa shape index (κ2) is 6.36. The molecule has 0 saturated heterocycles. The van der Waals surface area contributed by atoms with Crippen molar-refractivity contribution >= 4 is 31.9 Å². The molecule has 0 heterocycles. The molecule has 0 bridgehead atoms. The Morgan fingerprint density at radius 3 is 2.47 bits per heavy atom. The fourth-order valence-electron chi connectivity index (χ4n) is 1.32. The van der Waals surface area contributed by atoms with Crippen LogP contribution >= 0.6 is 15.9 Å². The molecule has 1 rings (SSSR count). The van der Waals surface area contributed by atoms with E-state index < -0.39 is 16.0 Å². The van der Waals surface area contributed by atoms with Gasteiger partial charge in [0, 0.05) is 7.05 Å². The van der Waals surface area contributed by atoms with Crippen LogP contribution in [0.1, 0.15) is 0 Å². The van der Waals surface area contributed by atoms with Crippen molar-refractivity contribution in [2.75, 3.05) is 27.8 Å². The predicted octanol–water partition coefficient (Wildman–Crippen LogP) is 1.25. The molecule has 0 N–H and O–H groups in total. The number of benzene rings is 1. The largest absolute Gasteiger partial charge is 0.496 e. The Labute approximate surface area is 120 Å². The van der Waals surface area contributed by atoms with Gasteiger partial charge in [-0.3, -0.25) is 4.79 Å². The summed E-state index contributed by atoms with van der Waals surface area (Å²) in [6.07, 6.45) is 0. The van der Waals surface area contributed by atoms with Gasteiger partial charge in [-0.2, -0.15) is 4.31 Å². The number of likely N-dealkylation sites (N-methyl/N-ethyl adjacent to an activating group) is 1. The lowest BCUT2D eigenvalue weighted by Crippen LogP contribution is -2.32. The normalized spacial score (nSPS) is 11.4. The van der Waals surface area contributed by atoms with Gasteiger partial charge in [0.15, 0.2) is 0 Å². The molecule has 0 radical (unpaired) electrons. The molecule has 0 aliphatic rings. The third-order valence-electron chi connectivity index (χ3n) is 2.41. The fourth-order valence-corrected chi connectivity index (χ4v) is 3.15. The summed E-state index contributed by atoms with van der Waals surface area (Å²) in [5, 5.41) is 0. The zero-order valence-corrected chi connectivity index (χ0v) is 13.1. The van der Waals surface area contributed by atoms with Crippen molar-refractivity contribution in [2.45, 2.75) is 4.90 Å². The summed E-state index contributed by atoms with van der Waals surface area (Å²) in [7, 11) is 0.250. The molecule has 0 aliphatic heterocycles. The van der Waals surface area contributed by atoms with Gasteiger partial charge in [0.1, 0.15) is 12.3 Å². The average Bonchev–Trinajstić information content (AvgIpc) is 2.38. The Balaban J connectivity index is 3.06. The quantitative estimate of drug-likeness (QED) is 0.746. The molecule has 0 aliphatic carbocycles. The number of carbonyl (C=O) groups is 1. The molecule has 0 saturated carbocycles. The Morgan fingerprint density at radius 1 is 1.37 bits per heavy atom. The summed E-state index contributed by atoms with van der Waals surface area (Å²) in [6, 6.07) is 4.36. The van der Waals surface area contributed by atoms with Gasteiger partial charge in [0.2, 0.25) is 10.0 Å². The number of rotatable bonds is 5. The van der Waals surface area contributed by atoms with E-state index >= 15 is 0 Å². The highest BCUT2D eigenvalue weighted by atomic mass is 79.9. The van der Waals surface area contributed by atoms with Crippen molar-refractivity contribution in [1.82, 2.24) is 4.31 Å². The van der Waals surface area contributed by atoms with Gasteiger partial charge >= 0.3 is 5.97 Å². The maximum absolute atomic E-state index is 12.2. The third kappa shape index (κ3) is 3.68. The molecule has 0 amide bonds. The number of halogens is 1. The third-order valence-corrected chi connectivity index (χ3v) is 4.83. The number of carbonyl (C=O) groups excluding carboxylic acids is 1. The van der Waals surface area contributed by atoms with E-state index in [-0.39, 0.29) is 11.4 Å². The summed E-state index contributed by atoms with van der Waals surface area (Å²) in [5.41, 5.74) is 0. The van der Waals surface area contributed by atoms with E-state index in [9.17, 15) is 13.2 Å². The van der Waals surface area contributed by atoms with Crippen molar-refractivity contribution < 1.29 is 22.7 Å². The van der Waals surface area contributed by atoms with Crippen LogP contribution in [-0.4, -0.2) is 46.5 Å². The van der Waals surface area contributed by atoms with Crippen molar-refractivity contribution in [3.05, 3.63) is 22.7 Å². The van der Waals surface area contributed by atoms with E-state index in [1.807, 2.05) is 0 Å². The molecule has 8 heteroatoms. The fraction of sp³-hybridized carbons (Fsp3) is 0.364. The first-order chi connectivity index (χ1) is 8.82. The first kappa shape index (κ1) is 15.9. The smallest absolute Gasteiger partial charge is 0.321 e. The molecule has 1 aromatic rings. The van der Waals surface area contributed by atoms with Crippen LogP contribution in [0.4, 0.5) is 0 Å². The van der Waals surface area contributed by atoms with Crippen LogP contribution in [0.2, 0.25) is 0 Å². The molecular weight excluding hydrogens is 338 g/mol. The molecule has 0 aromatic heterocycles. The van der Waals surface area contributed by atoms with E-state index in [2.05, 4.69) is 20.7 Å². The number of esters is 1. The zero-order chi connectivity index (χ0) is 14.6. The van der Waals surface area contributed by atoms with E-state index in [1.165, 1.54) is 39.5 Å². The van der Waals surface area contributed by atoms with E-state index in [0.29, 0.717) is 10.2 Å². The maximum atomic E-state index is 12.2. The predicted molar refractivity (Wildman–Crippen MR) is 72.5 cm³/mol. The van der Waals surface area contributed by atoms with Crippen LogP contribution in [0.3, 0.4) is 0 Å². The number of methoxy groups -OCH3 is 2. The summed E-state index contributed by atoms with van der Waals surface area (Å²) >= 11 is 3.21. The second-order valence-electron chi connectivity index (χ2n) is 3.63. The number of hydrogen-bond donors (Lipinski definition) is 0. The molecule has 0 unspecified atom stereocenters. The molecule has 1 aromatic carbocycles. The number of ether oxygens (including phenoxy) is 2. The number of hydrogen-bond acceptors (Lipinski definition) is 5. The maximum Gasteiger partial charge on any atom is 0.321 e. The molecule has 0 spiro atoms. The van der Waals surface area contributed by atoms with Crippen LogP contribution in [0.15, 0.2) is 27.6 Å². The standard InChI is InChI=1S/C11H14BrNO5S/c1-13(7-11(14)18-3)19(15,16)8-4-5-10(17-2)9(12)6-8/h4-6H,7H2,1-3H3. The number of nitrogens with zero attached hydrogens (tertiary/aromatic N) is 1. The van der Waals surface area contributed by atoms with Gasteiger partial charge in [-0.1, -0.05) is 0 Å². The second-order valence-corrected chi connectivity index (χ2v) is 6.53. The minimum Gasteiger partial charge on any atom is -0.496 e. The monoisotopic (exact) mass is 351 g/mol. The van der Waals surface area contributed by atoms with Crippen LogP contribution in [0.25, 0.3) is 0 Å². The molecule has 6 nitrogen and oxygen atoms in total. The molecular formula is C11H14BrNO5S. The Hall–Kier alpha value is -1.12. The summed E-state index contributed by atoms with van der Waals surface area (Å²) in [4.78, 5) is 11.2. The van der Waals surface area contributed by atoms with E-state index in [1.54, 1.807) is 0 Å². The first-order valence-electron chi connectivity index (χ1n) is 5.19. The molecule has 0 fully saturated rings. The number of sulfonamides is 1. The van der Waals surface area contributed by atoms with Crippen LogP contribution < -0.4 is 4.74 Å². The van der Waals surface area contributed by atoms with E-state index in [0.717, 1.165) is 4.31 Å². The minimum absolute atomic E-state index is 0.0616. The lowest BCUT2D eigenvalue weighted by atomic mass is 10.3. The summed E-state index contributed by atoms with van der Waals surface area (Å²) < 4.78 is 35.3. The van der Waals surface area contributed by atoms with Gasteiger partial charge in [-0.15, -0.1) is 0 Å². The first-order valence-corrected chi connectivity index (χ1v) is 7.43.